The van der Waals surface area contributed by atoms with Crippen LogP contribution in [0.5, 0.6) is 5.75 Å². The van der Waals surface area contributed by atoms with E-state index in [-0.39, 0.29) is 55.3 Å². The van der Waals surface area contributed by atoms with Gasteiger partial charge in [0.05, 0.1) is 29.3 Å². The molecule has 158 valence electrons. The van der Waals surface area contributed by atoms with Crippen LogP contribution in [0.1, 0.15) is 5.82 Å². The monoisotopic (exact) mass is 436 g/mol. The Hall–Kier alpha value is -3.29. The summed E-state index contributed by atoms with van der Waals surface area (Å²) >= 11 is 0. The van der Waals surface area contributed by atoms with Crippen LogP contribution in [0, 0.1) is 10.1 Å². The van der Waals surface area contributed by atoms with E-state index >= 15 is 0 Å². The molecule has 2 aromatic heterocycles. The molecule has 30 heavy (non-hydrogen) atoms. The normalized spacial score (nSPS) is 15.2. The predicted octanol–water partition coefficient (Wildman–Crippen LogP) is 1.84. The summed E-state index contributed by atoms with van der Waals surface area (Å²) in [6, 6.07) is 6.77. The average molecular weight is 436 g/mol. The first-order valence-corrected chi connectivity index (χ1v) is 10.2. The summed E-state index contributed by atoms with van der Waals surface area (Å²) in [5.74, 6) is 0.531. The first-order chi connectivity index (χ1) is 14.4. The number of ether oxygens (including phenoxy) is 2. The molecule has 0 amide bonds. The van der Waals surface area contributed by atoms with Gasteiger partial charge < -0.3 is 18.4 Å². The van der Waals surface area contributed by atoms with Gasteiger partial charge in [0.1, 0.15) is 0 Å². The lowest BCUT2D eigenvalue weighted by Crippen LogP contribution is -2.40. The molecule has 1 saturated heterocycles. The maximum absolute atomic E-state index is 12.7. The molecule has 13 heteroatoms. The van der Waals surface area contributed by atoms with Gasteiger partial charge in [0.25, 0.3) is 5.89 Å². The standard InChI is InChI=1S/C17H16N4O8S/c22-21(23)13-10-12(30(24,25)20-5-8-26-9-6-20)3-4-14(13)28-11-16-18-17(29-19-16)15-2-1-7-27-15/h1-4,7,10H,5-6,8-9,11H2. The Morgan fingerprint density at radius 2 is 2.03 bits per heavy atom. The number of morpholine rings is 1. The SMILES string of the molecule is O=[N+]([O-])c1cc(S(=O)(=O)N2CCOCC2)ccc1OCc1noc(-c2ccco2)n1. The van der Waals surface area contributed by atoms with Crippen LogP contribution < -0.4 is 4.74 Å². The van der Waals surface area contributed by atoms with Crippen LogP contribution in [0.4, 0.5) is 5.69 Å². The molecular formula is C17H16N4O8S. The molecule has 0 atom stereocenters. The third-order valence-electron chi connectivity index (χ3n) is 4.29. The Bertz CT molecular complexity index is 1140. The second-order valence-electron chi connectivity index (χ2n) is 6.18. The number of furan rings is 1. The minimum atomic E-state index is -3.88. The highest BCUT2D eigenvalue weighted by atomic mass is 32.2. The van der Waals surface area contributed by atoms with Crippen molar-refractivity contribution in [3.05, 3.63) is 52.5 Å². The molecule has 0 saturated carbocycles. The summed E-state index contributed by atoms with van der Waals surface area (Å²) in [5.41, 5.74) is -0.487. The minimum absolute atomic E-state index is 0.120. The number of hydrogen-bond donors (Lipinski definition) is 0. The number of aromatic nitrogens is 2. The fourth-order valence-corrected chi connectivity index (χ4v) is 4.24. The average Bonchev–Trinajstić information content (AvgIpc) is 3.44. The quantitative estimate of drug-likeness (QED) is 0.396. The van der Waals surface area contributed by atoms with E-state index < -0.39 is 20.6 Å². The minimum Gasteiger partial charge on any atom is -0.478 e. The molecule has 0 aliphatic carbocycles. The van der Waals surface area contributed by atoms with E-state index in [2.05, 4.69) is 10.1 Å². The molecule has 3 aromatic rings. The third-order valence-corrected chi connectivity index (χ3v) is 6.19. The van der Waals surface area contributed by atoms with E-state index in [4.69, 9.17) is 18.4 Å². The Kier molecular flexibility index (Phi) is 5.48. The molecule has 4 rings (SSSR count). The first-order valence-electron chi connectivity index (χ1n) is 8.81. The van der Waals surface area contributed by atoms with Gasteiger partial charge in [0.15, 0.2) is 18.1 Å². The van der Waals surface area contributed by atoms with Crippen molar-refractivity contribution >= 4 is 15.7 Å². The molecule has 1 fully saturated rings. The highest BCUT2D eigenvalue weighted by Gasteiger charge is 2.29. The Labute approximate surface area is 170 Å². The van der Waals surface area contributed by atoms with Gasteiger partial charge in [-0.3, -0.25) is 10.1 Å². The number of hydrogen-bond acceptors (Lipinski definition) is 10. The lowest BCUT2D eigenvalue weighted by molar-refractivity contribution is -0.386. The van der Waals surface area contributed by atoms with Crippen LogP contribution in [0.25, 0.3) is 11.7 Å². The molecule has 0 N–H and O–H groups in total. The van der Waals surface area contributed by atoms with Gasteiger partial charge in [-0.05, 0) is 24.3 Å². The fraction of sp³-hybridized carbons (Fsp3) is 0.294. The van der Waals surface area contributed by atoms with Crippen molar-refractivity contribution < 1.29 is 31.8 Å². The molecule has 0 unspecified atom stereocenters. The molecule has 1 aliphatic heterocycles. The van der Waals surface area contributed by atoms with Crippen LogP contribution in [-0.4, -0.2) is 54.1 Å². The largest absolute Gasteiger partial charge is 0.478 e. The summed E-state index contributed by atoms with van der Waals surface area (Å²) in [5, 5.41) is 15.2. The second kappa shape index (κ2) is 8.22. The molecule has 0 spiro atoms. The molecule has 0 radical (unpaired) electrons. The molecule has 0 bridgehead atoms. The van der Waals surface area contributed by atoms with Gasteiger partial charge in [-0.1, -0.05) is 5.16 Å². The number of rotatable bonds is 7. The van der Waals surface area contributed by atoms with E-state index in [1.54, 1.807) is 12.1 Å². The van der Waals surface area contributed by atoms with Gasteiger partial charge >= 0.3 is 5.69 Å². The van der Waals surface area contributed by atoms with Crippen molar-refractivity contribution in [2.24, 2.45) is 0 Å². The number of benzene rings is 1. The lowest BCUT2D eigenvalue weighted by atomic mass is 10.3. The number of nitro groups is 1. The number of nitro benzene ring substituents is 1. The predicted molar refractivity (Wildman–Crippen MR) is 99.0 cm³/mol. The molecule has 1 aromatic carbocycles. The molecular weight excluding hydrogens is 420 g/mol. The van der Waals surface area contributed by atoms with Gasteiger partial charge in [-0.15, -0.1) is 0 Å². The summed E-state index contributed by atoms with van der Waals surface area (Å²) in [6.45, 7) is 0.690. The van der Waals surface area contributed by atoms with Crippen LogP contribution in [-0.2, 0) is 21.4 Å². The van der Waals surface area contributed by atoms with Gasteiger partial charge in [-0.2, -0.15) is 9.29 Å². The highest BCUT2D eigenvalue weighted by Crippen LogP contribution is 2.31. The molecule has 12 nitrogen and oxygen atoms in total. The summed E-state index contributed by atoms with van der Waals surface area (Å²) < 4.78 is 47.5. The Morgan fingerprint density at radius 1 is 1.23 bits per heavy atom. The van der Waals surface area contributed by atoms with E-state index in [0.29, 0.717) is 5.76 Å². The van der Waals surface area contributed by atoms with Crippen LogP contribution in [0.2, 0.25) is 0 Å². The zero-order valence-electron chi connectivity index (χ0n) is 15.5. The Balaban J connectivity index is 1.53. The number of nitrogens with zero attached hydrogens (tertiary/aromatic N) is 4. The van der Waals surface area contributed by atoms with Crippen molar-refractivity contribution in [2.45, 2.75) is 11.5 Å². The van der Waals surface area contributed by atoms with Crippen LogP contribution >= 0.6 is 0 Å². The third kappa shape index (κ3) is 4.03. The van der Waals surface area contributed by atoms with Crippen molar-refractivity contribution in [1.82, 2.24) is 14.4 Å². The lowest BCUT2D eigenvalue weighted by Gasteiger charge is -2.26. The maximum atomic E-state index is 12.7. The van der Waals surface area contributed by atoms with E-state index in [1.165, 1.54) is 22.7 Å². The van der Waals surface area contributed by atoms with E-state index in [1.807, 2.05) is 0 Å². The summed E-state index contributed by atoms with van der Waals surface area (Å²) in [7, 11) is -3.88. The Morgan fingerprint density at radius 3 is 2.73 bits per heavy atom. The fourth-order valence-electron chi connectivity index (χ4n) is 2.81. The topological polar surface area (TPSA) is 151 Å². The second-order valence-corrected chi connectivity index (χ2v) is 8.12. The van der Waals surface area contributed by atoms with Crippen molar-refractivity contribution in [2.75, 3.05) is 26.3 Å². The summed E-state index contributed by atoms with van der Waals surface area (Å²) in [6.07, 6.45) is 1.45. The smallest absolute Gasteiger partial charge is 0.312 e. The highest BCUT2D eigenvalue weighted by molar-refractivity contribution is 7.89. The van der Waals surface area contributed by atoms with Crippen molar-refractivity contribution in [1.29, 1.82) is 0 Å². The number of sulfonamides is 1. The van der Waals surface area contributed by atoms with Gasteiger partial charge in [0, 0.05) is 19.2 Å². The zero-order valence-corrected chi connectivity index (χ0v) is 16.3. The first kappa shape index (κ1) is 20.0. The van der Waals surface area contributed by atoms with Gasteiger partial charge in [0.2, 0.25) is 15.8 Å². The zero-order chi connectivity index (χ0) is 21.1. The molecule has 3 heterocycles. The van der Waals surface area contributed by atoms with E-state index in [0.717, 1.165) is 6.07 Å². The van der Waals surface area contributed by atoms with Gasteiger partial charge in [-0.25, -0.2) is 8.42 Å². The van der Waals surface area contributed by atoms with Crippen molar-refractivity contribution in [3.8, 4) is 17.4 Å². The molecule has 1 aliphatic rings. The van der Waals surface area contributed by atoms with Crippen LogP contribution in [0.3, 0.4) is 0 Å². The van der Waals surface area contributed by atoms with Crippen molar-refractivity contribution in [3.63, 3.8) is 0 Å². The summed E-state index contributed by atoms with van der Waals surface area (Å²) in [4.78, 5) is 14.7. The van der Waals surface area contributed by atoms with E-state index in [9.17, 15) is 18.5 Å². The van der Waals surface area contributed by atoms with Crippen LogP contribution in [0.15, 0.2) is 50.4 Å². The maximum Gasteiger partial charge on any atom is 0.312 e.